The fourth-order valence-corrected chi connectivity index (χ4v) is 3.35. The number of nitrogens with one attached hydrogen (secondary N) is 4. The van der Waals surface area contributed by atoms with Gasteiger partial charge in [-0.3, -0.25) is 4.57 Å². The van der Waals surface area contributed by atoms with E-state index in [9.17, 15) is 13.9 Å². The van der Waals surface area contributed by atoms with E-state index in [1.165, 1.54) is 6.07 Å². The Morgan fingerprint density at radius 2 is 2.04 bits per heavy atom. The van der Waals surface area contributed by atoms with E-state index in [0.29, 0.717) is 49.0 Å². The van der Waals surface area contributed by atoms with Gasteiger partial charge >= 0.3 is 0 Å². The molecule has 9 heteroatoms. The van der Waals surface area contributed by atoms with Crippen LogP contribution in [-0.2, 0) is 0 Å². The molecule has 150 valence electrons. The van der Waals surface area contributed by atoms with Crippen molar-refractivity contribution in [3.63, 3.8) is 0 Å². The molecule has 28 heavy (non-hydrogen) atoms. The van der Waals surface area contributed by atoms with Crippen LogP contribution in [0.5, 0.6) is 0 Å². The van der Waals surface area contributed by atoms with Gasteiger partial charge in [-0.25, -0.2) is 13.8 Å². The molecule has 2 aromatic rings. The van der Waals surface area contributed by atoms with Gasteiger partial charge in [0.2, 0.25) is 5.95 Å². The molecule has 1 fully saturated rings. The van der Waals surface area contributed by atoms with Crippen LogP contribution < -0.4 is 16.0 Å². The zero-order valence-electron chi connectivity index (χ0n) is 15.6. The number of nitrogens with zero attached hydrogens (tertiary/aromatic N) is 2. The van der Waals surface area contributed by atoms with Crippen LogP contribution in [0.4, 0.5) is 26.2 Å². The van der Waals surface area contributed by atoms with Crippen molar-refractivity contribution in [3.05, 3.63) is 47.9 Å². The highest BCUT2D eigenvalue weighted by atomic mass is 19.1. The summed E-state index contributed by atoms with van der Waals surface area (Å²) in [5.74, 6) is -0.0168. The first-order valence-electron chi connectivity index (χ1n) is 9.09. The molecular formula is C19H24F2N6O. The first-order chi connectivity index (χ1) is 13.4. The molecule has 0 amide bonds. The number of hydrogen-bond donors (Lipinski definition) is 5. The maximum Gasteiger partial charge on any atom is 0.209 e. The first kappa shape index (κ1) is 19.8. The fraction of sp³-hybridized carbons (Fsp3) is 0.368. The Morgan fingerprint density at radius 3 is 2.64 bits per heavy atom. The van der Waals surface area contributed by atoms with Crippen molar-refractivity contribution >= 4 is 23.7 Å². The lowest BCUT2D eigenvalue weighted by Crippen LogP contribution is -2.24. The summed E-state index contributed by atoms with van der Waals surface area (Å²) >= 11 is 0. The van der Waals surface area contributed by atoms with Crippen LogP contribution in [0.15, 0.2) is 30.6 Å². The molecule has 1 aromatic heterocycles. The van der Waals surface area contributed by atoms with Crippen molar-refractivity contribution in [2.45, 2.75) is 37.8 Å². The Bertz CT molecular complexity index is 874. The molecule has 0 saturated heterocycles. The number of aliphatic hydroxyl groups is 1. The minimum Gasteiger partial charge on any atom is -0.393 e. The Morgan fingerprint density at radius 1 is 1.32 bits per heavy atom. The fourth-order valence-electron chi connectivity index (χ4n) is 3.35. The highest BCUT2D eigenvalue weighted by molar-refractivity contribution is 5.84. The third kappa shape index (κ3) is 4.14. The number of aliphatic hydroxyl groups excluding tert-OH is 1. The lowest BCUT2D eigenvalue weighted by atomic mass is 9.93. The van der Waals surface area contributed by atoms with Gasteiger partial charge in [-0.2, -0.15) is 0 Å². The van der Waals surface area contributed by atoms with Crippen molar-refractivity contribution < 1.29 is 13.9 Å². The van der Waals surface area contributed by atoms with Gasteiger partial charge in [-0.1, -0.05) is 6.58 Å². The average Bonchev–Trinajstić information content (AvgIpc) is 3.01. The first-order valence-corrected chi connectivity index (χ1v) is 9.09. The second-order valence-corrected chi connectivity index (χ2v) is 6.75. The zero-order valence-corrected chi connectivity index (χ0v) is 15.6. The Hall–Kier alpha value is -2.94. The maximum absolute atomic E-state index is 14.2. The molecule has 3 rings (SSSR count). The molecule has 0 spiro atoms. The van der Waals surface area contributed by atoms with Crippen LogP contribution in [0.3, 0.4) is 0 Å². The van der Waals surface area contributed by atoms with E-state index in [1.54, 1.807) is 7.05 Å². The molecule has 1 aliphatic rings. The summed E-state index contributed by atoms with van der Waals surface area (Å²) in [5.41, 5.74) is 0.437. The van der Waals surface area contributed by atoms with Crippen molar-refractivity contribution in [3.8, 4) is 0 Å². The van der Waals surface area contributed by atoms with Crippen LogP contribution in [0.25, 0.3) is 0 Å². The molecule has 0 bridgehead atoms. The predicted octanol–water partition coefficient (Wildman–Crippen LogP) is 3.48. The molecule has 1 saturated carbocycles. The van der Waals surface area contributed by atoms with Crippen LogP contribution in [0.2, 0.25) is 0 Å². The molecule has 0 unspecified atom stereocenters. The standard InChI is InChI=1S/C19H24F2N6O/c1-11(23-2)24-18-17(10-22)26-19(25-16-8-3-12(20)9-15(16)21)27(18)13-4-6-14(28)7-5-13/h3,8-10,13-14,22-24,28H,1,4-7H2,2H3,(H,25,26). The minimum absolute atomic E-state index is 0.0113. The van der Waals surface area contributed by atoms with E-state index < -0.39 is 11.6 Å². The van der Waals surface area contributed by atoms with E-state index in [-0.39, 0.29) is 17.8 Å². The maximum atomic E-state index is 14.2. The summed E-state index contributed by atoms with van der Waals surface area (Å²) < 4.78 is 29.2. The van der Waals surface area contributed by atoms with E-state index in [0.717, 1.165) is 18.3 Å². The van der Waals surface area contributed by atoms with Crippen LogP contribution in [-0.4, -0.2) is 34.0 Å². The number of imidazole rings is 1. The molecule has 1 aliphatic carbocycles. The second kappa shape index (κ2) is 8.39. The Kier molecular flexibility index (Phi) is 5.93. The van der Waals surface area contributed by atoms with Gasteiger partial charge in [-0.05, 0) is 37.8 Å². The van der Waals surface area contributed by atoms with Crippen molar-refractivity contribution in [1.29, 1.82) is 5.41 Å². The average molecular weight is 390 g/mol. The molecule has 7 nitrogen and oxygen atoms in total. The monoisotopic (exact) mass is 390 g/mol. The molecule has 0 radical (unpaired) electrons. The van der Waals surface area contributed by atoms with E-state index in [1.807, 2.05) is 4.57 Å². The topological polar surface area (TPSA) is 98.0 Å². The van der Waals surface area contributed by atoms with Gasteiger partial charge in [0.1, 0.15) is 23.1 Å². The largest absolute Gasteiger partial charge is 0.393 e. The second-order valence-electron chi connectivity index (χ2n) is 6.75. The van der Waals surface area contributed by atoms with Crippen LogP contribution >= 0.6 is 0 Å². The van der Waals surface area contributed by atoms with Gasteiger partial charge in [0.15, 0.2) is 0 Å². The summed E-state index contributed by atoms with van der Waals surface area (Å²) in [6.45, 7) is 3.86. The van der Waals surface area contributed by atoms with Crippen LogP contribution in [0.1, 0.15) is 37.4 Å². The number of halogens is 2. The van der Waals surface area contributed by atoms with Crippen molar-refractivity contribution in [2.75, 3.05) is 17.7 Å². The lowest BCUT2D eigenvalue weighted by Gasteiger charge is -2.29. The summed E-state index contributed by atoms with van der Waals surface area (Å²) in [5, 5.41) is 26.5. The normalized spacial score (nSPS) is 19.1. The molecule has 5 N–H and O–H groups in total. The number of rotatable bonds is 7. The number of aromatic nitrogens is 2. The Labute approximate surface area is 162 Å². The SMILES string of the molecule is C=C(NC)Nc1c(C=N)nc(Nc2ccc(F)cc2F)n1C1CCC(O)CC1. The van der Waals surface area contributed by atoms with Crippen molar-refractivity contribution in [2.24, 2.45) is 0 Å². The third-order valence-corrected chi connectivity index (χ3v) is 4.85. The predicted molar refractivity (Wildman–Crippen MR) is 105 cm³/mol. The summed E-state index contributed by atoms with van der Waals surface area (Å²) in [6.07, 6.45) is 3.45. The third-order valence-electron chi connectivity index (χ3n) is 4.85. The number of hydrogen-bond acceptors (Lipinski definition) is 6. The van der Waals surface area contributed by atoms with Gasteiger partial charge in [0, 0.05) is 25.4 Å². The van der Waals surface area contributed by atoms with Crippen molar-refractivity contribution in [1.82, 2.24) is 14.9 Å². The van der Waals surface area contributed by atoms with Gasteiger partial charge in [0.05, 0.1) is 17.6 Å². The summed E-state index contributed by atoms with van der Waals surface area (Å²) in [4.78, 5) is 4.42. The molecule has 1 heterocycles. The zero-order chi connectivity index (χ0) is 20.3. The Balaban J connectivity index is 2.04. The van der Waals surface area contributed by atoms with Gasteiger partial charge in [-0.15, -0.1) is 0 Å². The summed E-state index contributed by atoms with van der Waals surface area (Å²) in [6, 6.07) is 3.25. The van der Waals surface area contributed by atoms with E-state index in [2.05, 4.69) is 27.5 Å². The smallest absolute Gasteiger partial charge is 0.209 e. The van der Waals surface area contributed by atoms with Gasteiger partial charge < -0.3 is 26.5 Å². The highest BCUT2D eigenvalue weighted by Crippen LogP contribution is 2.36. The minimum atomic E-state index is -0.737. The number of anilines is 3. The van der Waals surface area contributed by atoms with E-state index >= 15 is 0 Å². The quantitative estimate of drug-likeness (QED) is 0.466. The molecule has 0 aliphatic heterocycles. The van der Waals surface area contributed by atoms with E-state index in [4.69, 9.17) is 5.41 Å². The van der Waals surface area contributed by atoms with Gasteiger partial charge in [0.25, 0.3) is 0 Å². The highest BCUT2D eigenvalue weighted by Gasteiger charge is 2.27. The summed E-state index contributed by atoms with van der Waals surface area (Å²) in [7, 11) is 1.71. The lowest BCUT2D eigenvalue weighted by molar-refractivity contribution is 0.111. The molecule has 0 atom stereocenters. The molecular weight excluding hydrogens is 366 g/mol. The number of benzene rings is 1. The van der Waals surface area contributed by atoms with Crippen LogP contribution in [0, 0.1) is 17.0 Å². The molecule has 1 aromatic carbocycles.